The van der Waals surface area contributed by atoms with Crippen LogP contribution in [0.2, 0.25) is 0 Å². The molecule has 0 saturated carbocycles. The van der Waals surface area contributed by atoms with Gasteiger partial charge in [0.2, 0.25) is 35.4 Å². The molecule has 15 N–H and O–H groups in total. The molecule has 18 nitrogen and oxygen atoms in total. The molecule has 0 aromatic heterocycles. The number of Topliss-reactive ketones (excluding diaryl/α,β-unsaturated/α-hetero) is 1. The molecular formula is C25H45N11O7. The number of guanidine groups is 1. The number of likely N-dealkylation sites (tertiary alicyclic amines) is 1. The lowest BCUT2D eigenvalue weighted by molar-refractivity contribution is -0.138. The number of aliphatic imine (C=N–C) groups is 1. The maximum absolute atomic E-state index is 13.4. The molecule has 0 bridgehead atoms. The highest BCUT2D eigenvalue weighted by Crippen LogP contribution is 2.18. The van der Waals surface area contributed by atoms with E-state index in [-0.39, 0.29) is 37.7 Å². The van der Waals surface area contributed by atoms with Gasteiger partial charge in [-0.25, -0.2) is 0 Å². The summed E-state index contributed by atoms with van der Waals surface area (Å²) < 4.78 is 0. The van der Waals surface area contributed by atoms with Crippen LogP contribution in [-0.2, 0) is 33.6 Å². The van der Waals surface area contributed by atoms with E-state index < -0.39 is 71.9 Å². The smallest absolute Gasteiger partial charge is 0.243 e. The van der Waals surface area contributed by atoms with Gasteiger partial charge < -0.3 is 55.3 Å². The standard InChI is InChI=1S/C25H45N11O7/c1-13(37)36-11-5-8-17(36)24(43)34-15(7-4-10-32-25(30)31)22(41)35-16(12-18(27)38)23(42)33-14(6-2-3-9-26)20(39)19(28)21(29)40/h14-17,19H,2-12,26,28H2,1H3,(H2,27,38)(H2,29,40)(H,33,42)(H,34,43)(H,35,41)(H4,30,31,32)/t14-,15-,16-,17-,19?/m0/s1. The largest absolute Gasteiger partial charge is 0.370 e. The highest BCUT2D eigenvalue weighted by molar-refractivity contribution is 6.08. The second-order valence-corrected chi connectivity index (χ2v) is 10.2. The lowest BCUT2D eigenvalue weighted by Crippen LogP contribution is -2.59. The van der Waals surface area contributed by atoms with Crippen molar-refractivity contribution in [3.8, 4) is 0 Å². The summed E-state index contributed by atoms with van der Waals surface area (Å²) in [5, 5.41) is 7.43. The summed E-state index contributed by atoms with van der Waals surface area (Å²) in [6.45, 7) is 2.16. The lowest BCUT2D eigenvalue weighted by Gasteiger charge is -2.27. The molecule has 0 aromatic carbocycles. The molecule has 1 rings (SSSR count). The fourth-order valence-electron chi connectivity index (χ4n) is 4.55. The fourth-order valence-corrected chi connectivity index (χ4v) is 4.55. The van der Waals surface area contributed by atoms with Crippen molar-refractivity contribution in [1.29, 1.82) is 0 Å². The number of ketones is 1. The highest BCUT2D eigenvalue weighted by Gasteiger charge is 2.36. The quantitative estimate of drug-likeness (QED) is 0.0288. The molecule has 18 heteroatoms. The summed E-state index contributed by atoms with van der Waals surface area (Å²) in [6, 6.07) is -6.54. The van der Waals surface area contributed by atoms with Crippen LogP contribution in [0.15, 0.2) is 4.99 Å². The Kier molecular flexibility index (Phi) is 15.6. The van der Waals surface area contributed by atoms with Crippen LogP contribution in [-0.4, -0.2) is 102 Å². The first-order valence-electron chi connectivity index (χ1n) is 14.0. The van der Waals surface area contributed by atoms with Gasteiger partial charge in [0.1, 0.15) is 24.2 Å². The number of unbranched alkanes of at least 4 members (excludes halogenated alkanes) is 1. The number of nitrogens with two attached hydrogens (primary N) is 6. The van der Waals surface area contributed by atoms with Crippen LogP contribution in [0.5, 0.6) is 0 Å². The third-order valence-electron chi connectivity index (χ3n) is 6.80. The van der Waals surface area contributed by atoms with Gasteiger partial charge in [0.05, 0.1) is 12.5 Å². The van der Waals surface area contributed by atoms with Crippen molar-refractivity contribution in [3.63, 3.8) is 0 Å². The monoisotopic (exact) mass is 611 g/mol. The van der Waals surface area contributed by atoms with Gasteiger partial charge in [-0.15, -0.1) is 0 Å². The molecule has 1 unspecified atom stereocenters. The Morgan fingerprint density at radius 1 is 0.860 bits per heavy atom. The van der Waals surface area contributed by atoms with Crippen molar-refractivity contribution in [3.05, 3.63) is 0 Å². The van der Waals surface area contributed by atoms with Gasteiger partial charge >= 0.3 is 0 Å². The zero-order valence-corrected chi connectivity index (χ0v) is 24.4. The van der Waals surface area contributed by atoms with Crippen LogP contribution in [0.4, 0.5) is 0 Å². The topological polar surface area (TPSA) is 327 Å². The number of primary amides is 2. The number of hydrogen-bond acceptors (Lipinski definition) is 10. The maximum atomic E-state index is 13.4. The Hall–Kier alpha value is -4.32. The van der Waals surface area contributed by atoms with Gasteiger partial charge in [-0.3, -0.25) is 38.6 Å². The minimum atomic E-state index is -1.71. The maximum Gasteiger partial charge on any atom is 0.243 e. The van der Waals surface area contributed by atoms with Gasteiger partial charge in [-0.2, -0.15) is 0 Å². The summed E-state index contributed by atoms with van der Waals surface area (Å²) in [4.78, 5) is 92.9. The Morgan fingerprint density at radius 2 is 1.47 bits per heavy atom. The van der Waals surface area contributed by atoms with Crippen molar-refractivity contribution < 1.29 is 33.6 Å². The molecule has 5 atom stereocenters. The van der Waals surface area contributed by atoms with Gasteiger partial charge in [0.15, 0.2) is 11.7 Å². The first-order chi connectivity index (χ1) is 20.2. The zero-order valence-electron chi connectivity index (χ0n) is 24.4. The van der Waals surface area contributed by atoms with Crippen LogP contribution < -0.4 is 50.4 Å². The third kappa shape index (κ3) is 12.6. The van der Waals surface area contributed by atoms with E-state index in [9.17, 15) is 33.6 Å². The molecular weight excluding hydrogens is 566 g/mol. The molecule has 1 aliphatic heterocycles. The van der Waals surface area contributed by atoms with Crippen LogP contribution in [0, 0.1) is 0 Å². The van der Waals surface area contributed by atoms with Crippen LogP contribution in [0.1, 0.15) is 58.3 Å². The number of nitrogens with one attached hydrogen (secondary N) is 3. The van der Waals surface area contributed by atoms with Gasteiger partial charge in [-0.1, -0.05) is 0 Å². The predicted octanol–water partition coefficient (Wildman–Crippen LogP) is -5.11. The molecule has 1 aliphatic rings. The first kappa shape index (κ1) is 36.7. The molecule has 1 saturated heterocycles. The van der Waals surface area contributed by atoms with E-state index in [1.165, 1.54) is 11.8 Å². The van der Waals surface area contributed by atoms with Crippen molar-refractivity contribution in [1.82, 2.24) is 20.9 Å². The average molecular weight is 612 g/mol. The minimum Gasteiger partial charge on any atom is -0.370 e. The average Bonchev–Trinajstić information content (AvgIpc) is 3.43. The van der Waals surface area contributed by atoms with E-state index in [4.69, 9.17) is 34.4 Å². The Balaban J connectivity index is 3.17. The summed E-state index contributed by atoms with van der Waals surface area (Å²) in [5.41, 5.74) is 32.2. The molecule has 0 spiro atoms. The molecule has 1 fully saturated rings. The molecule has 43 heavy (non-hydrogen) atoms. The molecule has 242 valence electrons. The highest BCUT2D eigenvalue weighted by atomic mass is 16.2. The number of hydrogen-bond donors (Lipinski definition) is 9. The van der Waals surface area contributed by atoms with E-state index in [0.29, 0.717) is 38.8 Å². The molecule has 6 amide bonds. The Labute approximate surface area is 249 Å². The van der Waals surface area contributed by atoms with E-state index >= 15 is 0 Å². The number of nitrogens with zero attached hydrogens (tertiary/aromatic N) is 2. The number of carbonyl (C=O) groups is 7. The zero-order chi connectivity index (χ0) is 32.7. The van der Waals surface area contributed by atoms with Crippen LogP contribution in [0.3, 0.4) is 0 Å². The Morgan fingerprint density at radius 3 is 2.02 bits per heavy atom. The fraction of sp³-hybridized carbons (Fsp3) is 0.680. The second kappa shape index (κ2) is 18.3. The molecule has 0 aromatic rings. The van der Waals surface area contributed by atoms with Crippen molar-refractivity contribution >= 4 is 47.2 Å². The Bertz CT molecular complexity index is 1060. The normalized spacial score (nSPS) is 17.1. The van der Waals surface area contributed by atoms with Gasteiger partial charge in [-0.05, 0) is 51.5 Å². The lowest BCUT2D eigenvalue weighted by atomic mass is 9.99. The minimum absolute atomic E-state index is 0.0275. The van der Waals surface area contributed by atoms with Crippen LogP contribution >= 0.6 is 0 Å². The van der Waals surface area contributed by atoms with Crippen LogP contribution in [0.25, 0.3) is 0 Å². The second-order valence-electron chi connectivity index (χ2n) is 10.2. The van der Waals surface area contributed by atoms with Gasteiger partial charge in [0.25, 0.3) is 0 Å². The summed E-state index contributed by atoms with van der Waals surface area (Å²) in [6.07, 6.45) is 1.55. The summed E-state index contributed by atoms with van der Waals surface area (Å²) in [5.74, 6) is -5.75. The number of amides is 6. The van der Waals surface area contributed by atoms with Gasteiger partial charge in [0, 0.05) is 20.0 Å². The van der Waals surface area contributed by atoms with Crippen molar-refractivity contribution in [2.75, 3.05) is 19.6 Å². The summed E-state index contributed by atoms with van der Waals surface area (Å²) >= 11 is 0. The number of carbonyl (C=O) groups excluding carboxylic acids is 7. The van der Waals surface area contributed by atoms with E-state index in [1.807, 2.05) is 0 Å². The molecule has 1 heterocycles. The SMILES string of the molecule is CC(=O)N1CCC[C@H]1C(=O)N[C@@H](CCCN=C(N)N)C(=O)N[C@@H](CC(N)=O)C(=O)N[C@@H](CCCCN)C(=O)C(N)C(N)=O. The van der Waals surface area contributed by atoms with Crippen molar-refractivity contribution in [2.45, 2.75) is 88.5 Å². The molecule has 0 radical (unpaired) electrons. The molecule has 0 aliphatic carbocycles. The van der Waals surface area contributed by atoms with E-state index in [1.54, 1.807) is 0 Å². The first-order valence-corrected chi connectivity index (χ1v) is 14.0. The van der Waals surface area contributed by atoms with E-state index in [0.717, 1.165) is 0 Å². The predicted molar refractivity (Wildman–Crippen MR) is 155 cm³/mol. The number of rotatable bonds is 19. The third-order valence-corrected chi connectivity index (χ3v) is 6.80. The summed E-state index contributed by atoms with van der Waals surface area (Å²) in [7, 11) is 0. The van der Waals surface area contributed by atoms with Crippen molar-refractivity contribution in [2.24, 2.45) is 39.4 Å². The van der Waals surface area contributed by atoms with E-state index in [2.05, 4.69) is 20.9 Å².